The molecule has 0 aliphatic heterocycles. The normalized spacial score (nSPS) is 11.3. The monoisotopic (exact) mass is 560 g/mol. The molecular formula is C29H28N4O6S. The minimum absolute atomic E-state index is 0.161. The maximum Gasteiger partial charge on any atom is 0.296 e. The first-order valence-electron chi connectivity index (χ1n) is 12.4. The summed E-state index contributed by atoms with van der Waals surface area (Å²) in [7, 11) is -1.68. The average Bonchev–Trinajstić information content (AvgIpc) is 2.95. The van der Waals surface area contributed by atoms with E-state index in [1.807, 2.05) is 19.9 Å². The van der Waals surface area contributed by atoms with E-state index in [2.05, 4.69) is 9.97 Å². The molecule has 0 fully saturated rings. The van der Waals surface area contributed by atoms with E-state index in [4.69, 9.17) is 9.47 Å². The van der Waals surface area contributed by atoms with Crippen LogP contribution in [0.1, 0.15) is 31.8 Å². The molecule has 1 N–H and O–H groups in total. The molecule has 0 atom stereocenters. The quantitative estimate of drug-likeness (QED) is 0.316. The van der Waals surface area contributed by atoms with Crippen molar-refractivity contribution < 1.29 is 23.0 Å². The third-order valence-corrected chi connectivity index (χ3v) is 8.11. The van der Waals surface area contributed by atoms with E-state index >= 15 is 0 Å². The Hall–Kier alpha value is -4.69. The molecule has 2 aromatic carbocycles. The number of aryl methyl sites for hydroxylation is 1. The topological polar surface area (TPSA) is 144 Å². The summed E-state index contributed by atoms with van der Waals surface area (Å²) in [6, 6.07) is 15.9. The first-order chi connectivity index (χ1) is 19.1. The Kier molecular flexibility index (Phi) is 8.21. The van der Waals surface area contributed by atoms with Gasteiger partial charge in [0.2, 0.25) is 15.7 Å². The molecule has 40 heavy (non-hydrogen) atoms. The van der Waals surface area contributed by atoms with Crippen LogP contribution in [0.25, 0.3) is 16.8 Å². The van der Waals surface area contributed by atoms with E-state index in [0.717, 1.165) is 0 Å². The van der Waals surface area contributed by atoms with Gasteiger partial charge in [0.25, 0.3) is 5.56 Å². The van der Waals surface area contributed by atoms with Crippen LogP contribution in [0.2, 0.25) is 0 Å². The average molecular weight is 561 g/mol. The van der Waals surface area contributed by atoms with E-state index in [1.165, 1.54) is 49.2 Å². The van der Waals surface area contributed by atoms with Crippen LogP contribution in [0.15, 0.2) is 75.4 Å². The van der Waals surface area contributed by atoms with Gasteiger partial charge >= 0.3 is 0 Å². The van der Waals surface area contributed by atoms with Crippen LogP contribution in [0.5, 0.6) is 17.4 Å². The Bertz CT molecular complexity index is 1730. The lowest BCUT2D eigenvalue weighted by molar-refractivity contribution is 0.373. The predicted molar refractivity (Wildman–Crippen MR) is 148 cm³/mol. The molecule has 0 spiro atoms. The predicted octanol–water partition coefficient (Wildman–Crippen LogP) is 4.31. The minimum Gasteiger partial charge on any atom is -0.494 e. The maximum absolute atomic E-state index is 13.8. The highest BCUT2D eigenvalue weighted by molar-refractivity contribution is 7.91. The lowest BCUT2D eigenvalue weighted by Gasteiger charge is -2.21. The van der Waals surface area contributed by atoms with Crippen molar-refractivity contribution in [3.63, 3.8) is 0 Å². The second-order valence-electron chi connectivity index (χ2n) is 9.30. The second-order valence-corrected chi connectivity index (χ2v) is 11.2. The van der Waals surface area contributed by atoms with Gasteiger partial charge in [0, 0.05) is 18.2 Å². The van der Waals surface area contributed by atoms with Gasteiger partial charge in [0.1, 0.15) is 34.8 Å². The maximum atomic E-state index is 13.8. The number of nitriles is 1. The summed E-state index contributed by atoms with van der Waals surface area (Å²) in [6.07, 6.45) is 2.39. The highest BCUT2D eigenvalue weighted by atomic mass is 32.2. The number of ether oxygens (including phenoxy) is 2. The molecule has 0 radical (unpaired) electrons. The fourth-order valence-electron chi connectivity index (χ4n) is 4.30. The molecule has 4 rings (SSSR count). The molecule has 0 bridgehead atoms. The lowest BCUT2D eigenvalue weighted by Crippen LogP contribution is -2.25. The smallest absolute Gasteiger partial charge is 0.296 e. The van der Waals surface area contributed by atoms with Crippen LogP contribution in [-0.4, -0.2) is 42.3 Å². The van der Waals surface area contributed by atoms with Gasteiger partial charge in [-0.05, 0) is 54.3 Å². The van der Waals surface area contributed by atoms with Gasteiger partial charge in [-0.25, -0.2) is 13.4 Å². The number of methoxy groups -OCH3 is 2. The molecule has 206 valence electrons. The van der Waals surface area contributed by atoms with E-state index in [0.29, 0.717) is 17.5 Å². The number of aromatic nitrogens is 3. The molecule has 2 heterocycles. The van der Waals surface area contributed by atoms with Crippen molar-refractivity contribution in [3.8, 4) is 40.3 Å². The van der Waals surface area contributed by atoms with Gasteiger partial charge in [-0.3, -0.25) is 9.36 Å². The number of para-hydroxylation sites is 1. The van der Waals surface area contributed by atoms with E-state index in [1.54, 1.807) is 30.3 Å². The molecule has 0 aliphatic carbocycles. The van der Waals surface area contributed by atoms with Crippen LogP contribution in [0.3, 0.4) is 0 Å². The van der Waals surface area contributed by atoms with Gasteiger partial charge in [-0.2, -0.15) is 10.2 Å². The molecule has 0 saturated heterocycles. The van der Waals surface area contributed by atoms with Gasteiger partial charge in [0.15, 0.2) is 4.90 Å². The van der Waals surface area contributed by atoms with Crippen molar-refractivity contribution in [3.05, 3.63) is 82.7 Å². The van der Waals surface area contributed by atoms with Crippen LogP contribution < -0.4 is 15.0 Å². The Labute approximate surface area is 232 Å². The van der Waals surface area contributed by atoms with Gasteiger partial charge in [-0.1, -0.05) is 32.0 Å². The van der Waals surface area contributed by atoms with Crippen LogP contribution in [-0.2, 0) is 16.3 Å². The molecule has 0 aliphatic rings. The summed E-state index contributed by atoms with van der Waals surface area (Å²) in [4.78, 5) is 20.3. The summed E-state index contributed by atoms with van der Waals surface area (Å²) >= 11 is 0. The van der Waals surface area contributed by atoms with Crippen molar-refractivity contribution >= 4 is 9.84 Å². The number of nitrogens with zero attached hydrogens (tertiary/aromatic N) is 4. The van der Waals surface area contributed by atoms with Gasteiger partial charge in [0.05, 0.1) is 19.1 Å². The minimum atomic E-state index is -4.54. The largest absolute Gasteiger partial charge is 0.494 e. The molecule has 0 saturated carbocycles. The number of aromatic hydroxyl groups is 1. The van der Waals surface area contributed by atoms with Crippen LogP contribution in [0.4, 0.5) is 0 Å². The van der Waals surface area contributed by atoms with Crippen molar-refractivity contribution in [2.75, 3.05) is 14.2 Å². The Morgan fingerprint density at radius 2 is 1.68 bits per heavy atom. The van der Waals surface area contributed by atoms with E-state index < -0.39 is 26.2 Å². The Morgan fingerprint density at radius 1 is 1.02 bits per heavy atom. The standard InChI is InChI=1S/C29H28N4O6S/c1-18(2)10-15-25-32-28(34)27(29(35)33(25)26-23(38-3)8-5-9-24(26)39-4)40(36,37)20-13-11-19(12-14-20)21-7-6-16-31-22(21)17-30/h5-9,11-14,16,18,35H,10,15H2,1-4H3. The fraction of sp³-hybridized carbons (Fsp3) is 0.241. The number of hydrogen-bond acceptors (Lipinski definition) is 9. The zero-order valence-electron chi connectivity index (χ0n) is 22.5. The zero-order valence-corrected chi connectivity index (χ0v) is 23.3. The summed E-state index contributed by atoms with van der Waals surface area (Å²) in [5.74, 6) is 0.167. The van der Waals surface area contributed by atoms with E-state index in [-0.39, 0.29) is 45.9 Å². The van der Waals surface area contributed by atoms with Crippen molar-refractivity contribution in [2.24, 2.45) is 5.92 Å². The Morgan fingerprint density at radius 3 is 2.25 bits per heavy atom. The molecule has 0 amide bonds. The first kappa shape index (κ1) is 28.3. The molecule has 2 aromatic heterocycles. The van der Waals surface area contributed by atoms with Crippen LogP contribution >= 0.6 is 0 Å². The second kappa shape index (κ2) is 11.6. The summed E-state index contributed by atoms with van der Waals surface area (Å²) < 4.78 is 39.8. The fourth-order valence-corrected chi connectivity index (χ4v) is 5.64. The first-order valence-corrected chi connectivity index (χ1v) is 13.9. The number of benzene rings is 2. The number of pyridine rings is 1. The molecule has 10 nitrogen and oxygen atoms in total. The third-order valence-electron chi connectivity index (χ3n) is 6.33. The molecule has 0 unspecified atom stereocenters. The Balaban J connectivity index is 1.93. The van der Waals surface area contributed by atoms with Crippen molar-refractivity contribution in [1.29, 1.82) is 5.26 Å². The van der Waals surface area contributed by atoms with E-state index in [9.17, 15) is 23.6 Å². The third kappa shape index (κ3) is 5.26. The summed E-state index contributed by atoms with van der Waals surface area (Å²) in [5.41, 5.74) is 0.406. The summed E-state index contributed by atoms with van der Waals surface area (Å²) in [5, 5.41) is 20.9. The molecule has 11 heteroatoms. The zero-order chi connectivity index (χ0) is 29.0. The molecular weight excluding hydrogens is 532 g/mol. The van der Waals surface area contributed by atoms with Crippen molar-refractivity contribution in [1.82, 2.24) is 14.5 Å². The SMILES string of the molecule is COc1cccc(OC)c1-n1c(CCC(C)C)nc(=O)c(S(=O)(=O)c2ccc(-c3cccnc3C#N)cc2)c1O. The number of sulfone groups is 1. The lowest BCUT2D eigenvalue weighted by atomic mass is 10.0. The van der Waals surface area contributed by atoms with Gasteiger partial charge < -0.3 is 14.6 Å². The molecule has 4 aromatic rings. The van der Waals surface area contributed by atoms with Crippen molar-refractivity contribution in [2.45, 2.75) is 36.5 Å². The van der Waals surface area contributed by atoms with Crippen LogP contribution in [0, 0.1) is 17.2 Å². The highest BCUT2D eigenvalue weighted by Crippen LogP contribution is 2.38. The summed E-state index contributed by atoms with van der Waals surface area (Å²) in [6.45, 7) is 4.00. The number of hydrogen-bond donors (Lipinski definition) is 1. The highest BCUT2D eigenvalue weighted by Gasteiger charge is 2.32. The number of rotatable bonds is 9. The van der Waals surface area contributed by atoms with Gasteiger partial charge in [-0.15, -0.1) is 0 Å².